The van der Waals surface area contributed by atoms with E-state index in [0.717, 1.165) is 50.3 Å². The van der Waals surface area contributed by atoms with Crippen LogP contribution in [0.1, 0.15) is 50.5 Å². The Kier molecular flexibility index (Phi) is 5.78. The Morgan fingerprint density at radius 1 is 1.11 bits per heavy atom. The minimum atomic E-state index is -0.412. The minimum Gasteiger partial charge on any atom is -0.454 e. The van der Waals surface area contributed by atoms with Gasteiger partial charge in [0.15, 0.2) is 11.5 Å². The molecule has 1 amide bonds. The summed E-state index contributed by atoms with van der Waals surface area (Å²) in [6.45, 7) is 3.17. The van der Waals surface area contributed by atoms with E-state index in [1.165, 1.54) is 24.8 Å². The lowest BCUT2D eigenvalue weighted by molar-refractivity contribution is -0.136. The Morgan fingerprint density at radius 2 is 1.86 bits per heavy atom. The summed E-state index contributed by atoms with van der Waals surface area (Å²) in [5.41, 5.74) is 0.809. The van der Waals surface area contributed by atoms with Crippen LogP contribution in [0.25, 0.3) is 0 Å². The summed E-state index contributed by atoms with van der Waals surface area (Å²) in [6, 6.07) is 6.28. The van der Waals surface area contributed by atoms with Crippen molar-refractivity contribution >= 4 is 5.91 Å². The van der Waals surface area contributed by atoms with Gasteiger partial charge in [-0.3, -0.25) is 4.79 Å². The van der Waals surface area contributed by atoms with Gasteiger partial charge in [0.25, 0.3) is 0 Å². The quantitative estimate of drug-likeness (QED) is 0.784. The number of hydrogen-bond donors (Lipinski definition) is 2. The highest BCUT2D eigenvalue weighted by molar-refractivity contribution is 5.83. The van der Waals surface area contributed by atoms with E-state index in [1.54, 1.807) is 7.11 Å². The molecule has 4 rings (SSSR count). The molecule has 1 aromatic rings. The van der Waals surface area contributed by atoms with Crippen molar-refractivity contribution < 1.29 is 19.0 Å². The summed E-state index contributed by atoms with van der Waals surface area (Å²) in [4.78, 5) is 13.2. The third-order valence-corrected chi connectivity index (χ3v) is 6.85. The molecule has 1 saturated heterocycles. The second-order valence-electron chi connectivity index (χ2n) is 8.56. The number of ether oxygens (including phenoxy) is 3. The maximum atomic E-state index is 13.2. The molecule has 0 radical (unpaired) electrons. The molecule has 28 heavy (non-hydrogen) atoms. The monoisotopic (exact) mass is 388 g/mol. The molecule has 0 aromatic heterocycles. The maximum Gasteiger partial charge on any atom is 0.231 e. The van der Waals surface area contributed by atoms with Gasteiger partial charge in [0.1, 0.15) is 0 Å². The van der Waals surface area contributed by atoms with E-state index < -0.39 is 5.41 Å². The van der Waals surface area contributed by atoms with Crippen LogP contribution in [0.2, 0.25) is 0 Å². The molecule has 6 heteroatoms. The first-order valence-electron chi connectivity index (χ1n) is 10.6. The number of rotatable bonds is 6. The Labute approximate surface area is 167 Å². The van der Waals surface area contributed by atoms with Crippen LogP contribution in [0.5, 0.6) is 11.5 Å². The molecule has 2 fully saturated rings. The van der Waals surface area contributed by atoms with E-state index in [2.05, 4.69) is 22.8 Å². The number of carbonyl (C=O) groups excluding carboxylic acids is 1. The predicted molar refractivity (Wildman–Crippen MR) is 107 cm³/mol. The van der Waals surface area contributed by atoms with Crippen LogP contribution in [0.4, 0.5) is 0 Å². The highest BCUT2D eigenvalue weighted by atomic mass is 16.7. The van der Waals surface area contributed by atoms with Gasteiger partial charge in [-0.2, -0.15) is 0 Å². The molecule has 1 saturated carbocycles. The van der Waals surface area contributed by atoms with Crippen molar-refractivity contribution in [3.8, 4) is 11.5 Å². The molecule has 6 nitrogen and oxygen atoms in total. The summed E-state index contributed by atoms with van der Waals surface area (Å²) in [5, 5.41) is 6.69. The van der Waals surface area contributed by atoms with E-state index in [9.17, 15) is 4.79 Å². The van der Waals surface area contributed by atoms with Crippen molar-refractivity contribution in [2.24, 2.45) is 5.41 Å². The topological polar surface area (TPSA) is 68.8 Å². The number of hydrogen-bond acceptors (Lipinski definition) is 5. The van der Waals surface area contributed by atoms with Crippen LogP contribution in [0.15, 0.2) is 18.2 Å². The summed E-state index contributed by atoms with van der Waals surface area (Å²) >= 11 is 0. The lowest BCUT2D eigenvalue weighted by Crippen LogP contribution is -2.53. The van der Waals surface area contributed by atoms with Gasteiger partial charge in [0.05, 0.1) is 12.0 Å². The van der Waals surface area contributed by atoms with Crippen LogP contribution in [-0.4, -0.2) is 46.1 Å². The number of fused-ring (bicyclic) bond motifs is 1. The zero-order valence-electron chi connectivity index (χ0n) is 16.9. The molecular weight excluding hydrogens is 356 g/mol. The van der Waals surface area contributed by atoms with Crippen molar-refractivity contribution in [2.45, 2.75) is 50.4 Å². The molecular formula is C22H32N2O4. The second-order valence-corrected chi connectivity index (χ2v) is 8.56. The van der Waals surface area contributed by atoms with E-state index in [0.29, 0.717) is 13.2 Å². The normalized spacial score (nSPS) is 22.6. The zero-order valence-corrected chi connectivity index (χ0v) is 16.9. The summed E-state index contributed by atoms with van der Waals surface area (Å²) in [5.74, 6) is 1.78. The number of piperidine rings is 1. The van der Waals surface area contributed by atoms with Gasteiger partial charge < -0.3 is 24.8 Å². The first-order valence-corrected chi connectivity index (χ1v) is 10.6. The molecule has 1 aromatic carbocycles. The standard InChI is InChI=1S/C22H32N2O4/c1-26-15-22(9-11-23-12-10-22)20(25)24-14-21(7-3-2-4-8-21)17-5-6-18-19(13-17)28-16-27-18/h5-6,13,23H,2-4,7-12,14-16H2,1H3,(H,24,25). The van der Waals surface area contributed by atoms with E-state index >= 15 is 0 Å². The fourth-order valence-corrected chi connectivity index (χ4v) is 5.08. The average molecular weight is 389 g/mol. The molecule has 1 aliphatic carbocycles. The lowest BCUT2D eigenvalue weighted by Gasteiger charge is -2.40. The Morgan fingerprint density at radius 3 is 2.61 bits per heavy atom. The molecule has 2 N–H and O–H groups in total. The number of nitrogens with one attached hydrogen (secondary N) is 2. The minimum absolute atomic E-state index is 0.0317. The summed E-state index contributed by atoms with van der Waals surface area (Å²) < 4.78 is 16.5. The average Bonchev–Trinajstić information content (AvgIpc) is 3.21. The highest BCUT2D eigenvalue weighted by Crippen LogP contribution is 2.43. The van der Waals surface area contributed by atoms with Crippen molar-refractivity contribution in [3.63, 3.8) is 0 Å². The number of amides is 1. The second kappa shape index (κ2) is 8.29. The third-order valence-electron chi connectivity index (χ3n) is 6.85. The molecule has 3 aliphatic rings. The van der Waals surface area contributed by atoms with E-state index in [4.69, 9.17) is 14.2 Å². The Hall–Kier alpha value is -1.79. The van der Waals surface area contributed by atoms with Crippen LogP contribution in [0, 0.1) is 5.41 Å². The largest absolute Gasteiger partial charge is 0.454 e. The van der Waals surface area contributed by atoms with Crippen LogP contribution in [0.3, 0.4) is 0 Å². The third kappa shape index (κ3) is 3.72. The van der Waals surface area contributed by atoms with Crippen molar-refractivity contribution in [1.29, 1.82) is 0 Å². The SMILES string of the molecule is COCC1(C(=O)NCC2(c3ccc4c(c3)OCO4)CCCCC2)CCNCC1. The fourth-order valence-electron chi connectivity index (χ4n) is 5.08. The van der Waals surface area contributed by atoms with Crippen LogP contribution < -0.4 is 20.1 Å². The van der Waals surface area contributed by atoms with Gasteiger partial charge >= 0.3 is 0 Å². The Bertz CT molecular complexity index is 688. The first kappa shape index (κ1) is 19.5. The highest BCUT2D eigenvalue weighted by Gasteiger charge is 2.42. The number of carbonyl (C=O) groups is 1. The zero-order chi connectivity index (χ0) is 19.5. The van der Waals surface area contributed by atoms with Crippen LogP contribution in [-0.2, 0) is 14.9 Å². The van der Waals surface area contributed by atoms with Crippen molar-refractivity contribution in [1.82, 2.24) is 10.6 Å². The van der Waals surface area contributed by atoms with Gasteiger partial charge in [-0.25, -0.2) is 0 Å². The molecule has 154 valence electrons. The maximum absolute atomic E-state index is 13.2. The van der Waals surface area contributed by atoms with Gasteiger partial charge in [-0.05, 0) is 56.5 Å². The van der Waals surface area contributed by atoms with E-state index in [-0.39, 0.29) is 18.1 Å². The van der Waals surface area contributed by atoms with Gasteiger partial charge in [-0.1, -0.05) is 25.3 Å². The van der Waals surface area contributed by atoms with Gasteiger partial charge in [0.2, 0.25) is 12.7 Å². The predicted octanol–water partition coefficient (Wildman–Crippen LogP) is 2.75. The molecule has 0 unspecified atom stereocenters. The first-order chi connectivity index (χ1) is 13.7. The number of methoxy groups -OCH3 is 1. The Balaban J connectivity index is 1.53. The van der Waals surface area contributed by atoms with E-state index in [1.807, 2.05) is 6.07 Å². The molecule has 2 heterocycles. The van der Waals surface area contributed by atoms with Gasteiger partial charge in [0, 0.05) is 19.1 Å². The molecule has 2 aliphatic heterocycles. The number of benzene rings is 1. The lowest BCUT2D eigenvalue weighted by atomic mass is 9.69. The van der Waals surface area contributed by atoms with Gasteiger partial charge in [-0.15, -0.1) is 0 Å². The van der Waals surface area contributed by atoms with Crippen LogP contribution >= 0.6 is 0 Å². The fraction of sp³-hybridized carbons (Fsp3) is 0.682. The summed E-state index contributed by atoms with van der Waals surface area (Å²) in [7, 11) is 1.69. The van der Waals surface area contributed by atoms with Crippen molar-refractivity contribution in [3.05, 3.63) is 23.8 Å². The smallest absolute Gasteiger partial charge is 0.231 e. The molecule has 0 bridgehead atoms. The summed E-state index contributed by atoms with van der Waals surface area (Å²) in [6.07, 6.45) is 7.47. The molecule has 0 atom stereocenters. The van der Waals surface area contributed by atoms with Crippen molar-refractivity contribution in [2.75, 3.05) is 40.1 Å². The molecule has 0 spiro atoms.